The van der Waals surface area contributed by atoms with Crippen molar-refractivity contribution in [2.45, 2.75) is 52.2 Å². The average molecular weight is 266 g/mol. The molecule has 1 aromatic heterocycles. The third-order valence-corrected chi connectivity index (χ3v) is 3.77. The molecule has 1 aromatic rings. The lowest BCUT2D eigenvalue weighted by Gasteiger charge is -2.21. The molecule has 0 radical (unpaired) electrons. The van der Waals surface area contributed by atoms with Crippen LogP contribution in [0.15, 0.2) is 15.8 Å². The summed E-state index contributed by atoms with van der Waals surface area (Å²) in [5.41, 5.74) is -0.0808. The first-order valence-electron chi connectivity index (χ1n) is 7.11. The van der Waals surface area contributed by atoms with Gasteiger partial charge < -0.3 is 4.74 Å². The van der Waals surface area contributed by atoms with Gasteiger partial charge in [-0.1, -0.05) is 26.2 Å². The van der Waals surface area contributed by atoms with E-state index in [4.69, 9.17) is 4.74 Å². The summed E-state index contributed by atoms with van der Waals surface area (Å²) >= 11 is 0. The molecule has 0 atom stereocenters. The zero-order valence-electron chi connectivity index (χ0n) is 11.5. The first kappa shape index (κ1) is 14.1. The zero-order valence-corrected chi connectivity index (χ0v) is 11.5. The van der Waals surface area contributed by atoms with Crippen molar-refractivity contribution < 1.29 is 4.74 Å². The Hall–Kier alpha value is -1.36. The number of hydrogen-bond acceptors (Lipinski definition) is 3. The summed E-state index contributed by atoms with van der Waals surface area (Å²) in [6.45, 7) is 2.81. The fourth-order valence-corrected chi connectivity index (χ4v) is 2.57. The van der Waals surface area contributed by atoms with E-state index in [9.17, 15) is 9.59 Å². The Balaban J connectivity index is 1.91. The number of nitrogens with zero attached hydrogens (tertiary/aromatic N) is 1. The highest BCUT2D eigenvalue weighted by Crippen LogP contribution is 2.23. The Bertz CT molecular complexity index is 512. The van der Waals surface area contributed by atoms with Crippen LogP contribution in [0.2, 0.25) is 0 Å². The summed E-state index contributed by atoms with van der Waals surface area (Å²) in [5, 5.41) is 0. The van der Waals surface area contributed by atoms with Gasteiger partial charge in [-0.15, -0.1) is 0 Å². The van der Waals surface area contributed by atoms with Crippen molar-refractivity contribution in [1.29, 1.82) is 0 Å². The molecule has 19 heavy (non-hydrogen) atoms. The lowest BCUT2D eigenvalue weighted by Crippen LogP contribution is -2.32. The van der Waals surface area contributed by atoms with E-state index in [-0.39, 0.29) is 12.3 Å². The predicted octanol–water partition coefficient (Wildman–Crippen LogP) is 1.65. The fraction of sp³-hybridized carbons (Fsp3) is 0.714. The van der Waals surface area contributed by atoms with E-state index in [0.29, 0.717) is 24.5 Å². The maximum atomic E-state index is 11.6. The van der Waals surface area contributed by atoms with Gasteiger partial charge in [-0.3, -0.25) is 14.3 Å². The summed E-state index contributed by atoms with van der Waals surface area (Å²) in [6, 6.07) is 0. The summed E-state index contributed by atoms with van der Waals surface area (Å²) in [4.78, 5) is 25.4. The lowest BCUT2D eigenvalue weighted by atomic mass is 9.90. The fourth-order valence-electron chi connectivity index (χ4n) is 2.57. The summed E-state index contributed by atoms with van der Waals surface area (Å²) in [6.07, 6.45) is 8.55. The molecule has 0 aromatic carbocycles. The van der Waals surface area contributed by atoms with Crippen LogP contribution < -0.4 is 11.2 Å². The molecule has 1 aliphatic carbocycles. The molecule has 0 spiro atoms. The van der Waals surface area contributed by atoms with Crippen molar-refractivity contribution in [1.82, 2.24) is 9.55 Å². The van der Waals surface area contributed by atoms with E-state index in [1.807, 2.05) is 6.92 Å². The van der Waals surface area contributed by atoms with Crippen molar-refractivity contribution in [2.75, 3.05) is 6.61 Å². The Morgan fingerprint density at radius 2 is 2.05 bits per heavy atom. The molecule has 0 aliphatic heterocycles. The van der Waals surface area contributed by atoms with E-state index >= 15 is 0 Å². The number of rotatable bonds is 5. The second-order valence-electron chi connectivity index (χ2n) is 5.24. The van der Waals surface area contributed by atoms with E-state index in [1.165, 1.54) is 36.7 Å². The van der Waals surface area contributed by atoms with Gasteiger partial charge in [0.1, 0.15) is 6.73 Å². The van der Waals surface area contributed by atoms with Crippen LogP contribution in [-0.4, -0.2) is 16.2 Å². The van der Waals surface area contributed by atoms with E-state index in [1.54, 1.807) is 6.20 Å². The van der Waals surface area contributed by atoms with Crippen molar-refractivity contribution in [3.05, 3.63) is 32.6 Å². The molecular formula is C14H22N2O3. The minimum Gasteiger partial charge on any atom is -0.360 e. The molecule has 1 aliphatic rings. The number of nitrogens with one attached hydrogen (secondary N) is 1. The molecule has 0 unspecified atom stereocenters. The van der Waals surface area contributed by atoms with Gasteiger partial charge in [0.2, 0.25) is 0 Å². The molecule has 5 nitrogen and oxygen atoms in total. The minimum absolute atomic E-state index is 0.221. The standard InChI is InChI=1S/C14H22N2O3/c1-2-12-8-16(14(18)15-13(12)17)10-19-9-11-6-4-3-5-7-11/h8,11H,2-7,9-10H2,1H3,(H,15,17,18). The number of ether oxygens (including phenoxy) is 1. The molecule has 1 fully saturated rings. The third kappa shape index (κ3) is 3.80. The van der Waals surface area contributed by atoms with Crippen LogP contribution in [-0.2, 0) is 17.9 Å². The monoisotopic (exact) mass is 266 g/mol. The number of H-pyrrole nitrogens is 1. The summed E-state index contributed by atoms with van der Waals surface area (Å²) in [7, 11) is 0. The van der Waals surface area contributed by atoms with Crippen LogP contribution in [0.5, 0.6) is 0 Å². The predicted molar refractivity (Wildman–Crippen MR) is 73.2 cm³/mol. The maximum Gasteiger partial charge on any atom is 0.330 e. The van der Waals surface area contributed by atoms with Gasteiger partial charge in [0.25, 0.3) is 5.56 Å². The Morgan fingerprint density at radius 1 is 1.32 bits per heavy atom. The van der Waals surface area contributed by atoms with E-state index in [2.05, 4.69) is 4.98 Å². The third-order valence-electron chi connectivity index (χ3n) is 3.77. The molecular weight excluding hydrogens is 244 g/mol. The van der Waals surface area contributed by atoms with Crippen LogP contribution in [0.3, 0.4) is 0 Å². The summed E-state index contributed by atoms with van der Waals surface area (Å²) < 4.78 is 7.05. The Kier molecular flexibility index (Phi) is 4.96. The van der Waals surface area contributed by atoms with Crippen molar-refractivity contribution >= 4 is 0 Å². The van der Waals surface area contributed by atoms with Crippen LogP contribution in [0.25, 0.3) is 0 Å². The molecule has 1 heterocycles. The maximum absolute atomic E-state index is 11.6. The highest BCUT2D eigenvalue weighted by atomic mass is 16.5. The van der Waals surface area contributed by atoms with Gasteiger partial charge in [-0.25, -0.2) is 4.79 Å². The molecule has 106 valence electrons. The van der Waals surface area contributed by atoms with E-state index in [0.717, 1.165) is 0 Å². The van der Waals surface area contributed by atoms with E-state index < -0.39 is 5.69 Å². The summed E-state index contributed by atoms with van der Waals surface area (Å²) in [5.74, 6) is 0.623. The van der Waals surface area contributed by atoms with Gasteiger partial charge in [-0.2, -0.15) is 0 Å². The zero-order chi connectivity index (χ0) is 13.7. The second kappa shape index (κ2) is 6.70. The van der Waals surface area contributed by atoms with Crippen molar-refractivity contribution in [3.63, 3.8) is 0 Å². The highest BCUT2D eigenvalue weighted by Gasteiger charge is 2.13. The number of hydrogen-bond donors (Lipinski definition) is 1. The largest absolute Gasteiger partial charge is 0.360 e. The first-order valence-corrected chi connectivity index (χ1v) is 7.11. The minimum atomic E-state index is -0.397. The lowest BCUT2D eigenvalue weighted by molar-refractivity contribution is 0.0375. The molecule has 1 saturated carbocycles. The Labute approximate surface area is 112 Å². The molecule has 2 rings (SSSR count). The smallest absolute Gasteiger partial charge is 0.330 e. The Morgan fingerprint density at radius 3 is 2.74 bits per heavy atom. The van der Waals surface area contributed by atoms with Gasteiger partial charge in [0.15, 0.2) is 0 Å². The van der Waals surface area contributed by atoms with Gasteiger partial charge in [0.05, 0.1) is 6.61 Å². The molecule has 5 heteroatoms. The SMILES string of the molecule is CCc1cn(COCC2CCCCC2)c(=O)[nH]c1=O. The van der Waals surface area contributed by atoms with Gasteiger partial charge in [0, 0.05) is 11.8 Å². The second-order valence-corrected chi connectivity index (χ2v) is 5.24. The number of aromatic nitrogens is 2. The van der Waals surface area contributed by atoms with Gasteiger partial charge >= 0.3 is 5.69 Å². The topological polar surface area (TPSA) is 64.1 Å². The molecule has 1 N–H and O–H groups in total. The number of aromatic amines is 1. The molecule has 0 saturated heterocycles. The van der Waals surface area contributed by atoms with Crippen LogP contribution in [0.1, 0.15) is 44.6 Å². The average Bonchev–Trinajstić information content (AvgIpc) is 2.42. The van der Waals surface area contributed by atoms with Crippen LogP contribution >= 0.6 is 0 Å². The molecule has 0 amide bonds. The number of aryl methyl sites for hydroxylation is 1. The highest BCUT2D eigenvalue weighted by molar-refractivity contribution is 5.03. The van der Waals surface area contributed by atoms with Gasteiger partial charge in [-0.05, 0) is 25.2 Å². The van der Waals surface area contributed by atoms with Crippen molar-refractivity contribution in [3.8, 4) is 0 Å². The quantitative estimate of drug-likeness (QED) is 0.881. The normalized spacial score (nSPS) is 16.7. The van der Waals surface area contributed by atoms with Crippen molar-refractivity contribution in [2.24, 2.45) is 5.92 Å². The van der Waals surface area contributed by atoms with Crippen LogP contribution in [0.4, 0.5) is 0 Å². The first-order chi connectivity index (χ1) is 9.20. The molecule has 0 bridgehead atoms. The van der Waals surface area contributed by atoms with Crippen LogP contribution in [0, 0.1) is 5.92 Å².